The van der Waals surface area contributed by atoms with E-state index in [1.54, 1.807) is 0 Å². The molecule has 0 saturated heterocycles. The van der Waals surface area contributed by atoms with Gasteiger partial charge in [0.1, 0.15) is 17.9 Å². The van der Waals surface area contributed by atoms with Crippen molar-refractivity contribution in [2.75, 3.05) is 13.7 Å². The molecule has 36 heavy (non-hydrogen) atoms. The molecule has 1 aromatic heterocycles. The molecule has 0 fully saturated rings. The van der Waals surface area contributed by atoms with Crippen LogP contribution in [0, 0.1) is 6.92 Å². The van der Waals surface area contributed by atoms with Crippen LogP contribution in [0.2, 0.25) is 0 Å². The Morgan fingerprint density at radius 1 is 1.31 bits per heavy atom. The number of aromatic nitrogens is 2. The maximum absolute atomic E-state index is 13.4. The lowest BCUT2D eigenvalue weighted by atomic mass is 10.2. The molecule has 0 saturated carbocycles. The fraction of sp³-hybridized carbons (Fsp3) is 0.381. The molecule has 3 rings (SSSR count). The zero-order chi connectivity index (χ0) is 26.7. The molecule has 4 atom stereocenters. The summed E-state index contributed by atoms with van der Waals surface area (Å²) in [6, 6.07) is 2.43. The summed E-state index contributed by atoms with van der Waals surface area (Å²) in [6.07, 6.45) is -2.14. The lowest BCUT2D eigenvalue weighted by Crippen LogP contribution is -2.35. The van der Waals surface area contributed by atoms with Crippen LogP contribution in [0.15, 0.2) is 52.2 Å². The quantitative estimate of drug-likeness (QED) is 0.283. The Morgan fingerprint density at radius 2 is 2.03 bits per heavy atom. The average Bonchev–Trinajstić information content (AvgIpc) is 3.28. The minimum Gasteiger partial charge on any atom is -0.468 e. The number of halogens is 3. The number of ether oxygens (including phenoxy) is 2. The van der Waals surface area contributed by atoms with Crippen LogP contribution in [0.5, 0.6) is 5.75 Å². The van der Waals surface area contributed by atoms with Crippen LogP contribution in [0.3, 0.4) is 0 Å². The van der Waals surface area contributed by atoms with Gasteiger partial charge in [-0.2, -0.15) is 18.3 Å². The highest BCUT2D eigenvalue weighted by atomic mass is 31.2. The number of hydrogen-bond acceptors (Lipinski definition) is 8. The predicted molar refractivity (Wildman–Crippen MR) is 119 cm³/mol. The van der Waals surface area contributed by atoms with Gasteiger partial charge in [0.15, 0.2) is 6.23 Å². The first kappa shape index (κ1) is 27.4. The fourth-order valence-electron chi connectivity index (χ4n) is 3.11. The zero-order valence-corrected chi connectivity index (χ0v) is 20.2. The largest absolute Gasteiger partial charge is 0.468 e. The molecule has 15 heteroatoms. The molecule has 1 aromatic carbocycles. The van der Waals surface area contributed by atoms with Crippen LogP contribution in [-0.2, 0) is 29.5 Å². The fourth-order valence-corrected chi connectivity index (χ4v) is 4.61. The molecule has 1 aliphatic rings. The molecule has 0 amide bonds. The second-order valence-electron chi connectivity index (χ2n) is 7.71. The first-order valence-electron chi connectivity index (χ1n) is 10.4. The molecule has 196 valence electrons. The van der Waals surface area contributed by atoms with Gasteiger partial charge in [0, 0.05) is 11.8 Å². The SMILES string of the molecule is COC(=O)[C@H](C)NP(=O)(OC[C@@H]1C=C[C@H](n2cc(C)c(=O)[nH]c2=O)O1)Oc1cccc(C(F)(F)F)c1. The van der Waals surface area contributed by atoms with Gasteiger partial charge in [-0.15, -0.1) is 0 Å². The van der Waals surface area contributed by atoms with Crippen LogP contribution < -0.4 is 20.9 Å². The van der Waals surface area contributed by atoms with E-state index in [2.05, 4.69) is 14.8 Å². The molecule has 1 unspecified atom stereocenters. The Balaban J connectivity index is 1.76. The maximum Gasteiger partial charge on any atom is 0.459 e. The summed E-state index contributed by atoms with van der Waals surface area (Å²) in [4.78, 5) is 37.6. The summed E-state index contributed by atoms with van der Waals surface area (Å²) >= 11 is 0. The second kappa shape index (κ2) is 10.8. The maximum atomic E-state index is 13.4. The third-order valence-corrected chi connectivity index (χ3v) is 6.57. The summed E-state index contributed by atoms with van der Waals surface area (Å²) in [7, 11) is -3.36. The van der Waals surface area contributed by atoms with Crippen molar-refractivity contribution in [1.29, 1.82) is 0 Å². The van der Waals surface area contributed by atoms with Crippen LogP contribution in [0.4, 0.5) is 13.2 Å². The smallest absolute Gasteiger partial charge is 0.459 e. The van der Waals surface area contributed by atoms with Crippen molar-refractivity contribution in [1.82, 2.24) is 14.6 Å². The Kier molecular flexibility index (Phi) is 8.24. The van der Waals surface area contributed by atoms with Gasteiger partial charge in [-0.1, -0.05) is 12.1 Å². The van der Waals surface area contributed by atoms with Crippen LogP contribution >= 0.6 is 7.75 Å². The van der Waals surface area contributed by atoms with Crippen molar-refractivity contribution in [3.05, 3.63) is 74.6 Å². The minimum atomic E-state index is -4.67. The van der Waals surface area contributed by atoms with E-state index in [9.17, 15) is 32.1 Å². The van der Waals surface area contributed by atoms with Crippen LogP contribution in [-0.4, -0.2) is 41.4 Å². The number of nitrogens with one attached hydrogen (secondary N) is 2. The number of aryl methyl sites for hydroxylation is 1. The number of nitrogens with zero attached hydrogens (tertiary/aromatic N) is 1. The molecular formula is C21H23F3N3O8P. The van der Waals surface area contributed by atoms with E-state index in [4.69, 9.17) is 13.8 Å². The summed E-state index contributed by atoms with van der Waals surface area (Å²) in [6.45, 7) is 2.37. The molecule has 0 spiro atoms. The number of rotatable bonds is 9. The van der Waals surface area contributed by atoms with Gasteiger partial charge in [-0.05, 0) is 38.1 Å². The van der Waals surface area contributed by atoms with Gasteiger partial charge >= 0.3 is 25.6 Å². The number of alkyl halides is 3. The number of benzene rings is 1. The first-order chi connectivity index (χ1) is 16.8. The Bertz CT molecular complexity index is 1310. The molecule has 11 nitrogen and oxygen atoms in total. The molecule has 0 aliphatic carbocycles. The lowest BCUT2D eigenvalue weighted by Gasteiger charge is -2.24. The standard InChI is InChI=1S/C21H23F3N3O8P/c1-12-10-27(20(30)25-18(12)28)17-8-7-16(34-17)11-33-36(31,26-13(2)19(29)32-3)35-15-6-4-5-14(9-15)21(22,23)24/h4-10,13,16-17H,11H2,1-3H3,(H,26,31)(H,25,28,30)/t13-,16-,17+,36?/m0/s1. The van der Waals surface area contributed by atoms with E-state index < -0.39 is 67.4 Å². The van der Waals surface area contributed by atoms with Gasteiger partial charge in [0.2, 0.25) is 0 Å². The summed E-state index contributed by atoms with van der Waals surface area (Å²) in [5.74, 6) is -1.25. The van der Waals surface area contributed by atoms with Crippen molar-refractivity contribution in [2.24, 2.45) is 0 Å². The van der Waals surface area contributed by atoms with Crippen molar-refractivity contribution in [3.8, 4) is 5.75 Å². The van der Waals surface area contributed by atoms with E-state index in [1.807, 2.05) is 0 Å². The third-order valence-electron chi connectivity index (χ3n) is 4.93. The number of carbonyl (C=O) groups excluding carboxylic acids is 1. The Labute approximate surface area is 202 Å². The molecule has 0 bridgehead atoms. The molecule has 0 radical (unpaired) electrons. The van der Waals surface area contributed by atoms with Crippen LogP contribution in [0.1, 0.15) is 24.3 Å². The minimum absolute atomic E-state index is 0.270. The van der Waals surface area contributed by atoms with E-state index >= 15 is 0 Å². The molecule has 2 heterocycles. The first-order valence-corrected chi connectivity index (χ1v) is 12.0. The van der Waals surface area contributed by atoms with Crippen molar-refractivity contribution in [2.45, 2.75) is 38.4 Å². The van der Waals surface area contributed by atoms with Crippen molar-refractivity contribution < 1.29 is 41.1 Å². The van der Waals surface area contributed by atoms with Crippen LogP contribution in [0.25, 0.3) is 0 Å². The monoisotopic (exact) mass is 533 g/mol. The van der Waals surface area contributed by atoms with Gasteiger partial charge in [-0.25, -0.2) is 9.36 Å². The summed E-state index contributed by atoms with van der Waals surface area (Å²) in [5, 5.41) is 2.32. The third kappa shape index (κ3) is 6.72. The highest BCUT2D eigenvalue weighted by Crippen LogP contribution is 2.46. The van der Waals surface area contributed by atoms with Gasteiger partial charge < -0.3 is 14.0 Å². The number of esters is 1. The van der Waals surface area contributed by atoms with Gasteiger partial charge in [-0.3, -0.25) is 23.7 Å². The molecule has 1 aliphatic heterocycles. The number of hydrogen-bond donors (Lipinski definition) is 2. The normalized spacial score (nSPS) is 20.1. The predicted octanol–water partition coefficient (Wildman–Crippen LogP) is 2.67. The number of carbonyl (C=O) groups is 1. The number of methoxy groups -OCH3 is 1. The van der Waals surface area contributed by atoms with E-state index in [0.717, 1.165) is 29.9 Å². The van der Waals surface area contributed by atoms with Crippen molar-refractivity contribution in [3.63, 3.8) is 0 Å². The highest BCUT2D eigenvalue weighted by Gasteiger charge is 2.35. The number of aromatic amines is 1. The zero-order valence-electron chi connectivity index (χ0n) is 19.3. The van der Waals surface area contributed by atoms with E-state index in [0.29, 0.717) is 6.07 Å². The summed E-state index contributed by atoms with van der Waals surface area (Å²) < 4.78 is 74.6. The highest BCUT2D eigenvalue weighted by molar-refractivity contribution is 7.52. The van der Waals surface area contributed by atoms with Crippen molar-refractivity contribution >= 4 is 13.7 Å². The summed E-state index contributed by atoms with van der Waals surface area (Å²) in [5.41, 5.74) is -2.03. The second-order valence-corrected chi connectivity index (χ2v) is 9.41. The Hall–Kier alpha value is -3.19. The molecule has 2 aromatic rings. The number of H-pyrrole nitrogens is 1. The van der Waals surface area contributed by atoms with Gasteiger partial charge in [0.05, 0.1) is 19.3 Å². The van der Waals surface area contributed by atoms with Gasteiger partial charge in [0.25, 0.3) is 5.56 Å². The van der Waals surface area contributed by atoms with E-state index in [-0.39, 0.29) is 5.56 Å². The van der Waals surface area contributed by atoms with E-state index in [1.165, 1.54) is 32.2 Å². The molecular weight excluding hydrogens is 510 g/mol. The Morgan fingerprint density at radius 3 is 2.69 bits per heavy atom. The molecule has 2 N–H and O–H groups in total. The topological polar surface area (TPSA) is 138 Å². The lowest BCUT2D eigenvalue weighted by molar-refractivity contribution is -0.142. The average molecular weight is 533 g/mol.